The van der Waals surface area contributed by atoms with Crippen molar-refractivity contribution in [2.24, 2.45) is 17.3 Å². The Morgan fingerprint density at radius 2 is 1.55 bits per heavy atom. The Balaban J connectivity index is 1.89. The van der Waals surface area contributed by atoms with Gasteiger partial charge in [0.1, 0.15) is 17.5 Å². The molecule has 2 aromatic heterocycles. The van der Waals surface area contributed by atoms with Gasteiger partial charge in [-0.25, -0.2) is 9.97 Å². The van der Waals surface area contributed by atoms with Gasteiger partial charge in [-0.2, -0.15) is 9.94 Å². The van der Waals surface area contributed by atoms with Crippen molar-refractivity contribution in [3.8, 4) is 17.3 Å². The fourth-order valence-electron chi connectivity index (χ4n) is 7.28. The summed E-state index contributed by atoms with van der Waals surface area (Å²) in [7, 11) is 0. The van der Waals surface area contributed by atoms with Crippen molar-refractivity contribution in [3.63, 3.8) is 0 Å². The first-order chi connectivity index (χ1) is 23.5. The molecule has 0 radical (unpaired) electrons. The van der Waals surface area contributed by atoms with Crippen LogP contribution >= 0.6 is 11.3 Å². The lowest BCUT2D eigenvalue weighted by atomic mass is 9.78. The predicted octanol–water partition coefficient (Wildman–Crippen LogP) is 11.0. The minimum absolute atomic E-state index is 0.0330. The number of benzene rings is 1. The number of anilines is 1. The average molecular weight is 685 g/mol. The van der Waals surface area contributed by atoms with E-state index in [9.17, 15) is 10.1 Å². The van der Waals surface area contributed by atoms with Crippen molar-refractivity contribution in [1.29, 1.82) is 5.26 Å². The highest BCUT2D eigenvalue weighted by Gasteiger charge is 2.41. The maximum Gasteiger partial charge on any atom is 0.290 e. The Labute approximate surface area is 300 Å². The smallest absolute Gasteiger partial charge is 0.290 e. The molecule has 0 aliphatic carbocycles. The van der Waals surface area contributed by atoms with Gasteiger partial charge in [-0.15, -0.1) is 16.4 Å². The highest BCUT2D eigenvalue weighted by Crippen LogP contribution is 2.49. The highest BCUT2D eigenvalue weighted by atomic mass is 32.1. The molecule has 3 heterocycles. The normalized spacial score (nSPS) is 16.7. The number of aromatic nitrogens is 4. The van der Waals surface area contributed by atoms with E-state index in [0.29, 0.717) is 29.9 Å². The second kappa shape index (κ2) is 17.6. The van der Waals surface area contributed by atoms with Gasteiger partial charge in [0.2, 0.25) is 0 Å². The maximum absolute atomic E-state index is 13.6. The summed E-state index contributed by atoms with van der Waals surface area (Å²) >= 11 is 1.81. The lowest BCUT2D eigenvalue weighted by Gasteiger charge is -2.31. The summed E-state index contributed by atoms with van der Waals surface area (Å²) in [5.74, 6) is 1.87. The summed E-state index contributed by atoms with van der Waals surface area (Å²) < 4.78 is 1.43. The molecule has 4 rings (SSSR count). The van der Waals surface area contributed by atoms with Crippen LogP contribution in [-0.2, 0) is 6.42 Å². The zero-order chi connectivity index (χ0) is 35.7. The first kappa shape index (κ1) is 38.5. The standard InChI is InChI=1S/C41H60N6OS/c1-10-15-20-29(12-3)26-46(27-30(13-4)21-16-11-2)40-44-36(31-22-18-17-19-23-31)37(49-40)32(14-5)35-28(6)33(25-42)39(48)47-38(35)43-34(45-47)24-41(7,8)9/h17-19,22-23,29-30,32,35H,10-16,20-21,24,26-27H2,1-9H3. The number of fused-ring (bicyclic) bond motifs is 1. The molecule has 3 aromatic rings. The summed E-state index contributed by atoms with van der Waals surface area (Å²) in [5, 5.41) is 16.0. The molecular weight excluding hydrogens is 625 g/mol. The maximum atomic E-state index is 13.6. The Bertz CT molecular complexity index is 1570. The number of unbranched alkanes of at least 4 members (excludes halogenated alkanes) is 2. The van der Waals surface area contributed by atoms with Crippen molar-refractivity contribution >= 4 is 22.4 Å². The van der Waals surface area contributed by atoms with Crippen molar-refractivity contribution < 1.29 is 4.79 Å². The molecule has 1 aromatic carbocycles. The molecule has 49 heavy (non-hydrogen) atoms. The number of carbonyl (C=O) groups is 1. The summed E-state index contributed by atoms with van der Waals surface area (Å²) in [5.41, 5.74) is 3.02. The molecule has 4 unspecified atom stereocenters. The fraction of sp³-hybridized carbons (Fsp3) is 0.634. The SMILES string of the molecule is CCCCC(CC)CN(CC(CC)CCCC)c1nc(-c2ccccc2)c(C(CC)C2C(C)=C(C#N)C(=O)n3nc(CC(C)(C)C)nc32)s1. The Morgan fingerprint density at radius 1 is 0.939 bits per heavy atom. The van der Waals surface area contributed by atoms with Gasteiger partial charge >= 0.3 is 0 Å². The molecule has 1 aliphatic rings. The molecule has 1 aliphatic heterocycles. The van der Waals surface area contributed by atoms with Crippen LogP contribution < -0.4 is 4.90 Å². The van der Waals surface area contributed by atoms with E-state index < -0.39 is 0 Å². The third-order valence-corrected chi connectivity index (χ3v) is 11.5. The third-order valence-electron chi connectivity index (χ3n) is 10.2. The number of allylic oxidation sites excluding steroid dienone is 2. The van der Waals surface area contributed by atoms with E-state index in [-0.39, 0.29) is 28.7 Å². The van der Waals surface area contributed by atoms with Gasteiger partial charge in [-0.3, -0.25) is 4.79 Å². The Kier molecular flexibility index (Phi) is 13.8. The number of hydrogen-bond donors (Lipinski definition) is 0. The lowest BCUT2D eigenvalue weighted by Crippen LogP contribution is -2.34. The van der Waals surface area contributed by atoms with E-state index in [1.54, 1.807) is 0 Å². The number of nitrogens with zero attached hydrogens (tertiary/aromatic N) is 6. The Hall–Kier alpha value is -3.31. The Morgan fingerprint density at radius 3 is 2.06 bits per heavy atom. The summed E-state index contributed by atoms with van der Waals surface area (Å²) in [6.45, 7) is 21.9. The molecule has 0 fully saturated rings. The largest absolute Gasteiger partial charge is 0.348 e. The molecule has 0 spiro atoms. The monoisotopic (exact) mass is 684 g/mol. The van der Waals surface area contributed by atoms with Crippen LogP contribution in [0, 0.1) is 28.6 Å². The van der Waals surface area contributed by atoms with Crippen LogP contribution in [0.2, 0.25) is 0 Å². The van der Waals surface area contributed by atoms with Gasteiger partial charge < -0.3 is 4.90 Å². The number of carbonyl (C=O) groups excluding carboxylic acids is 1. The van der Waals surface area contributed by atoms with E-state index in [4.69, 9.17) is 15.1 Å². The number of thiazole rings is 1. The zero-order valence-electron chi connectivity index (χ0n) is 31.7. The van der Waals surface area contributed by atoms with Crippen molar-refractivity contribution in [1.82, 2.24) is 19.7 Å². The molecule has 8 heteroatoms. The minimum Gasteiger partial charge on any atom is -0.348 e. The molecule has 0 N–H and O–H groups in total. The number of hydrogen-bond acceptors (Lipinski definition) is 7. The number of rotatable bonds is 18. The summed E-state index contributed by atoms with van der Waals surface area (Å²) in [6.07, 6.45) is 11.2. The highest BCUT2D eigenvalue weighted by molar-refractivity contribution is 7.16. The zero-order valence-corrected chi connectivity index (χ0v) is 32.5. The second-order valence-electron chi connectivity index (χ2n) is 15.3. The predicted molar refractivity (Wildman–Crippen MR) is 204 cm³/mol. The van der Waals surface area contributed by atoms with Gasteiger partial charge in [0, 0.05) is 41.8 Å². The molecule has 7 nitrogen and oxygen atoms in total. The molecule has 0 saturated heterocycles. The third kappa shape index (κ3) is 9.28. The first-order valence-electron chi connectivity index (χ1n) is 18.9. The summed E-state index contributed by atoms with van der Waals surface area (Å²) in [4.78, 5) is 28.0. The van der Waals surface area contributed by atoms with Gasteiger partial charge in [0.15, 0.2) is 11.0 Å². The molecule has 0 saturated carbocycles. The van der Waals surface area contributed by atoms with E-state index in [0.717, 1.165) is 54.3 Å². The minimum atomic E-state index is -0.372. The molecule has 266 valence electrons. The van der Waals surface area contributed by atoms with Crippen LogP contribution in [0.3, 0.4) is 0 Å². The summed E-state index contributed by atoms with van der Waals surface area (Å²) in [6, 6.07) is 12.8. The second-order valence-corrected chi connectivity index (χ2v) is 16.3. The fourth-order valence-corrected chi connectivity index (χ4v) is 8.61. The molecule has 0 bridgehead atoms. The van der Waals surface area contributed by atoms with E-state index in [1.165, 1.54) is 48.1 Å². The van der Waals surface area contributed by atoms with Crippen LogP contribution in [-0.4, -0.2) is 38.7 Å². The van der Waals surface area contributed by atoms with Crippen LogP contribution in [0.1, 0.15) is 153 Å². The first-order valence-corrected chi connectivity index (χ1v) is 19.7. The molecule has 4 atom stereocenters. The van der Waals surface area contributed by atoms with E-state index in [1.807, 2.05) is 18.3 Å². The van der Waals surface area contributed by atoms with Crippen LogP contribution in [0.25, 0.3) is 11.3 Å². The van der Waals surface area contributed by atoms with E-state index in [2.05, 4.69) is 96.7 Å². The van der Waals surface area contributed by atoms with E-state index >= 15 is 0 Å². The number of nitriles is 1. The van der Waals surface area contributed by atoms with Gasteiger partial charge in [0.05, 0.1) is 5.69 Å². The van der Waals surface area contributed by atoms with Gasteiger partial charge in [0.25, 0.3) is 5.91 Å². The molecule has 0 amide bonds. The average Bonchev–Trinajstić information content (AvgIpc) is 3.70. The lowest BCUT2D eigenvalue weighted by molar-refractivity contribution is 0.0930. The van der Waals surface area contributed by atoms with Crippen LogP contribution in [0.15, 0.2) is 41.5 Å². The van der Waals surface area contributed by atoms with Gasteiger partial charge in [-0.05, 0) is 49.0 Å². The van der Waals surface area contributed by atoms with Crippen LogP contribution in [0.4, 0.5) is 5.13 Å². The quantitative estimate of drug-likeness (QED) is 0.132. The van der Waals surface area contributed by atoms with Crippen molar-refractivity contribution in [3.05, 3.63) is 58.0 Å². The van der Waals surface area contributed by atoms with Crippen molar-refractivity contribution in [2.75, 3.05) is 18.0 Å². The topological polar surface area (TPSA) is 87.7 Å². The molecular formula is C41H60N6OS. The van der Waals surface area contributed by atoms with Crippen LogP contribution in [0.5, 0.6) is 0 Å². The van der Waals surface area contributed by atoms with Crippen molar-refractivity contribution in [2.45, 2.75) is 138 Å². The van der Waals surface area contributed by atoms with Gasteiger partial charge in [-0.1, -0.05) is 124 Å².